The van der Waals surface area contributed by atoms with Gasteiger partial charge in [0.2, 0.25) is 0 Å². The van der Waals surface area contributed by atoms with Gasteiger partial charge in [0.15, 0.2) is 0 Å². The first-order valence-corrected chi connectivity index (χ1v) is 10.8. The maximum atomic E-state index is 15.3. The lowest BCUT2D eigenvalue weighted by Gasteiger charge is -2.23. The van der Waals surface area contributed by atoms with Gasteiger partial charge in [-0.3, -0.25) is 9.78 Å². The molecule has 0 fully saturated rings. The second-order valence-electron chi connectivity index (χ2n) is 8.06. The van der Waals surface area contributed by atoms with Gasteiger partial charge < -0.3 is 16.0 Å². The lowest BCUT2D eigenvalue weighted by molar-refractivity contribution is -0.141. The van der Waals surface area contributed by atoms with Crippen LogP contribution in [-0.4, -0.2) is 29.4 Å². The van der Waals surface area contributed by atoms with Crippen molar-refractivity contribution in [3.05, 3.63) is 94.4 Å². The number of benzene rings is 2. The largest absolute Gasteiger partial charge is 0.433 e. The van der Waals surface area contributed by atoms with E-state index in [-0.39, 0.29) is 33.1 Å². The SMILES string of the molecule is CN1C=CC=C(c2cc(F)cc(N)c2-c2cc(Cl)c(C(=O)Nc3ccnc(C(F)(F)F)c3)cc2F)C1. The molecule has 0 saturated carbocycles. The fraction of sp³-hybridized carbons (Fsp3) is 0.120. The predicted octanol–water partition coefficient (Wildman–Crippen LogP) is 6.38. The number of hydrogen-bond acceptors (Lipinski definition) is 4. The van der Waals surface area contributed by atoms with Gasteiger partial charge in [-0.15, -0.1) is 0 Å². The van der Waals surface area contributed by atoms with Crippen molar-refractivity contribution in [3.63, 3.8) is 0 Å². The highest BCUT2D eigenvalue weighted by Gasteiger charge is 2.32. The third-order valence-corrected chi connectivity index (χ3v) is 5.73. The van der Waals surface area contributed by atoms with Gasteiger partial charge in [0, 0.05) is 42.3 Å². The number of nitrogens with two attached hydrogens (primary N) is 1. The second-order valence-corrected chi connectivity index (χ2v) is 8.47. The van der Waals surface area contributed by atoms with E-state index in [2.05, 4.69) is 10.3 Å². The van der Waals surface area contributed by atoms with E-state index in [1.807, 2.05) is 18.1 Å². The van der Waals surface area contributed by atoms with Crippen LogP contribution >= 0.6 is 11.6 Å². The number of pyridine rings is 1. The van der Waals surface area contributed by atoms with Crippen LogP contribution in [0.4, 0.5) is 33.3 Å². The molecular formula is C25H18ClF5N4O. The van der Waals surface area contributed by atoms with E-state index in [1.54, 1.807) is 12.2 Å². The number of halogens is 6. The summed E-state index contributed by atoms with van der Waals surface area (Å²) in [5, 5.41) is 2.08. The van der Waals surface area contributed by atoms with Crippen molar-refractivity contribution < 1.29 is 26.7 Å². The van der Waals surface area contributed by atoms with Crippen molar-refractivity contribution in [1.29, 1.82) is 0 Å². The molecule has 0 bridgehead atoms. The average Bonchev–Trinajstić information content (AvgIpc) is 2.79. The average molecular weight is 521 g/mol. The Bertz CT molecular complexity index is 1420. The number of aromatic nitrogens is 1. The highest BCUT2D eigenvalue weighted by molar-refractivity contribution is 6.34. The molecule has 3 N–H and O–H groups in total. The summed E-state index contributed by atoms with van der Waals surface area (Å²) in [6.45, 7) is 0.411. The second kappa shape index (κ2) is 9.62. The highest BCUT2D eigenvalue weighted by atomic mass is 35.5. The number of anilines is 2. The molecule has 0 radical (unpaired) electrons. The van der Waals surface area contributed by atoms with Crippen LogP contribution < -0.4 is 11.1 Å². The smallest absolute Gasteiger partial charge is 0.398 e. The number of likely N-dealkylation sites (N-methyl/N-ethyl adjacent to an activating group) is 1. The number of rotatable bonds is 4. The third-order valence-electron chi connectivity index (χ3n) is 5.42. The highest BCUT2D eigenvalue weighted by Crippen LogP contribution is 2.39. The molecule has 2 heterocycles. The Kier molecular flexibility index (Phi) is 6.73. The fourth-order valence-corrected chi connectivity index (χ4v) is 4.06. The molecule has 5 nitrogen and oxygen atoms in total. The van der Waals surface area contributed by atoms with Crippen molar-refractivity contribution in [1.82, 2.24) is 9.88 Å². The Balaban J connectivity index is 1.73. The van der Waals surface area contributed by atoms with Crippen LogP contribution in [-0.2, 0) is 6.18 Å². The summed E-state index contributed by atoms with van der Waals surface area (Å²) in [7, 11) is 1.82. The maximum Gasteiger partial charge on any atom is 0.433 e. The van der Waals surface area contributed by atoms with Crippen LogP contribution in [0.5, 0.6) is 0 Å². The lowest BCUT2D eigenvalue weighted by Crippen LogP contribution is -2.17. The lowest BCUT2D eigenvalue weighted by atomic mass is 9.90. The Labute approximate surface area is 207 Å². The van der Waals surface area contributed by atoms with Gasteiger partial charge in [0.1, 0.15) is 17.3 Å². The Morgan fingerprint density at radius 1 is 1.14 bits per heavy atom. The van der Waals surface area contributed by atoms with E-state index in [0.717, 1.165) is 24.4 Å². The van der Waals surface area contributed by atoms with Crippen LogP contribution in [0.15, 0.2) is 60.9 Å². The van der Waals surface area contributed by atoms with Crippen LogP contribution in [0.3, 0.4) is 0 Å². The zero-order chi connectivity index (χ0) is 26.2. The summed E-state index contributed by atoms with van der Waals surface area (Å²) in [6.07, 6.45) is 1.50. The maximum absolute atomic E-state index is 15.3. The van der Waals surface area contributed by atoms with Crippen LogP contribution in [0.2, 0.25) is 5.02 Å². The molecule has 0 atom stereocenters. The standard InChI is InChI=1S/C25H18ClF5N4O/c1-35-6-2-3-13(12-35)16-7-14(27)8-21(32)23(16)18-10-19(26)17(11-20(18)28)24(36)34-15-4-5-33-22(9-15)25(29,30)31/h2-11H,12,32H2,1H3,(H,33,34,36). The third kappa shape index (κ3) is 5.18. The first-order valence-electron chi connectivity index (χ1n) is 10.4. The summed E-state index contributed by atoms with van der Waals surface area (Å²) in [6, 6.07) is 6.12. The quantitative estimate of drug-likeness (QED) is 0.309. The van der Waals surface area contributed by atoms with Gasteiger partial charge in [0.05, 0.1) is 10.6 Å². The van der Waals surface area contributed by atoms with Gasteiger partial charge in [-0.05, 0) is 59.8 Å². The van der Waals surface area contributed by atoms with E-state index in [4.69, 9.17) is 17.3 Å². The Morgan fingerprint density at radius 3 is 2.58 bits per heavy atom. The van der Waals surface area contributed by atoms with Crippen molar-refractivity contribution in [2.75, 3.05) is 24.6 Å². The van der Waals surface area contributed by atoms with Crippen molar-refractivity contribution in [2.45, 2.75) is 6.18 Å². The zero-order valence-electron chi connectivity index (χ0n) is 18.6. The summed E-state index contributed by atoms with van der Waals surface area (Å²) in [5.74, 6) is -2.42. The topological polar surface area (TPSA) is 71.2 Å². The van der Waals surface area contributed by atoms with Gasteiger partial charge in [-0.1, -0.05) is 17.7 Å². The first kappa shape index (κ1) is 25.2. The van der Waals surface area contributed by atoms with Crippen LogP contribution in [0.1, 0.15) is 21.6 Å². The van der Waals surface area contributed by atoms with Gasteiger partial charge in [0.25, 0.3) is 5.91 Å². The zero-order valence-corrected chi connectivity index (χ0v) is 19.4. The molecule has 0 spiro atoms. The summed E-state index contributed by atoms with van der Waals surface area (Å²) in [4.78, 5) is 17.8. The van der Waals surface area contributed by atoms with E-state index >= 15 is 4.39 Å². The minimum Gasteiger partial charge on any atom is -0.398 e. The number of nitrogens with one attached hydrogen (secondary N) is 1. The number of carbonyl (C=O) groups is 1. The fourth-order valence-electron chi connectivity index (χ4n) is 3.81. The van der Waals surface area contributed by atoms with E-state index < -0.39 is 29.4 Å². The van der Waals surface area contributed by atoms with Gasteiger partial charge in [-0.25, -0.2) is 8.78 Å². The number of allylic oxidation sites excluding steroid dienone is 2. The predicted molar refractivity (Wildman–Crippen MR) is 128 cm³/mol. The molecule has 2 aromatic carbocycles. The number of nitrogen functional groups attached to an aromatic ring is 1. The minimum atomic E-state index is -4.71. The first-order chi connectivity index (χ1) is 16.9. The molecular weight excluding hydrogens is 503 g/mol. The van der Waals surface area contributed by atoms with Crippen molar-refractivity contribution in [2.24, 2.45) is 0 Å². The monoisotopic (exact) mass is 520 g/mol. The van der Waals surface area contributed by atoms with Crippen molar-refractivity contribution >= 4 is 34.5 Å². The molecule has 11 heteroatoms. The normalized spacial score (nSPS) is 13.5. The molecule has 1 aromatic heterocycles. The molecule has 3 aromatic rings. The van der Waals surface area contributed by atoms with Gasteiger partial charge >= 0.3 is 6.18 Å². The van der Waals surface area contributed by atoms with E-state index in [1.165, 1.54) is 12.1 Å². The molecule has 0 unspecified atom stereocenters. The molecule has 1 aliphatic heterocycles. The molecule has 36 heavy (non-hydrogen) atoms. The number of hydrogen-bond donors (Lipinski definition) is 2. The molecule has 4 rings (SSSR count). The number of alkyl halides is 3. The minimum absolute atomic E-state index is 0.0354. The number of nitrogens with zero attached hydrogens (tertiary/aromatic N) is 2. The molecule has 0 aliphatic carbocycles. The van der Waals surface area contributed by atoms with Crippen LogP contribution in [0.25, 0.3) is 16.7 Å². The van der Waals surface area contributed by atoms with Crippen molar-refractivity contribution in [3.8, 4) is 11.1 Å². The molecule has 186 valence electrons. The van der Waals surface area contributed by atoms with Gasteiger partial charge in [-0.2, -0.15) is 13.2 Å². The van der Waals surface area contributed by atoms with E-state index in [0.29, 0.717) is 23.7 Å². The number of carbonyl (C=O) groups excluding carboxylic acids is 1. The number of amides is 1. The molecule has 1 amide bonds. The molecule has 1 aliphatic rings. The Morgan fingerprint density at radius 2 is 1.89 bits per heavy atom. The summed E-state index contributed by atoms with van der Waals surface area (Å²) in [5.41, 5.74) is 5.49. The summed E-state index contributed by atoms with van der Waals surface area (Å²) >= 11 is 6.29. The van der Waals surface area contributed by atoms with E-state index in [9.17, 15) is 22.4 Å². The van der Waals surface area contributed by atoms with Crippen LogP contribution in [0, 0.1) is 11.6 Å². The Hall–Kier alpha value is -3.92. The molecule has 0 saturated heterocycles. The summed E-state index contributed by atoms with van der Waals surface area (Å²) < 4.78 is 68.3.